The van der Waals surface area contributed by atoms with Crippen molar-refractivity contribution in [1.82, 2.24) is 31.5 Å². The summed E-state index contributed by atoms with van der Waals surface area (Å²) in [6.07, 6.45) is -6.64. The number of aliphatic hydroxyl groups is 3. The van der Waals surface area contributed by atoms with Crippen LogP contribution in [0.3, 0.4) is 0 Å². The average Bonchev–Trinajstić information content (AvgIpc) is 3.95. The number of fused-ring (bicyclic) bond motifs is 3. The molecule has 2 aliphatic carbocycles. The maximum Gasteiger partial charge on any atom is 0.244 e. The lowest BCUT2D eigenvalue weighted by Crippen LogP contribution is -2.60. The third-order valence-corrected chi connectivity index (χ3v) is 15.2. The van der Waals surface area contributed by atoms with E-state index in [1.54, 1.807) is 0 Å². The van der Waals surface area contributed by atoms with Crippen molar-refractivity contribution in [3.05, 3.63) is 51.6 Å². The van der Waals surface area contributed by atoms with Gasteiger partial charge in [-0.3, -0.25) is 43.2 Å². The number of nitrogens with zero attached hydrogens (tertiary/aromatic N) is 1. The number of phenolic OH excluding ortho intramolecular Hbond substituents is 2. The fourth-order valence-electron chi connectivity index (χ4n) is 10.3. The van der Waals surface area contributed by atoms with Crippen LogP contribution in [0.1, 0.15) is 137 Å². The molecule has 2 fully saturated rings. The molecule has 6 rings (SSSR count). The van der Waals surface area contributed by atoms with Gasteiger partial charge < -0.3 is 71.2 Å². The van der Waals surface area contributed by atoms with E-state index in [4.69, 9.17) is 14.2 Å². The van der Waals surface area contributed by atoms with Crippen LogP contribution >= 0.6 is 11.8 Å². The minimum atomic E-state index is -2.44. The van der Waals surface area contributed by atoms with E-state index in [0.717, 1.165) is 0 Å². The van der Waals surface area contributed by atoms with E-state index in [-0.39, 0.29) is 77.3 Å². The molecule has 6 amide bonds. The molecule has 10 atom stereocenters. The van der Waals surface area contributed by atoms with Crippen LogP contribution in [0.2, 0.25) is 0 Å². The summed E-state index contributed by atoms with van der Waals surface area (Å²) >= 11 is 1.41. The van der Waals surface area contributed by atoms with Crippen LogP contribution < -0.4 is 31.3 Å². The summed E-state index contributed by atoms with van der Waals surface area (Å²) in [7, 11) is 1.28. The Morgan fingerprint density at radius 2 is 1.45 bits per heavy atom. The number of benzene rings is 2. The van der Waals surface area contributed by atoms with Crippen molar-refractivity contribution in [1.29, 1.82) is 0 Å². The molecular weight excluding hydrogens is 1020 g/mol. The zero-order valence-corrected chi connectivity index (χ0v) is 45.5. The topological polar surface area (TPSA) is 346 Å². The standard InChI is InChI=1S/C53H72N6O17S/c1-23(2)13-31(58-52(72)34-21-77-22-59(34)27(8)61)49(69)54-19-38(63)55-32(14-24(3)4)50(70)57-33(15-25(5)6)51(71)56-30-16-39(75-26(7)44(30)64)76-36-18-53(73,37(62)20-60)17-29-41(36)48(68)43-42(46(29)66)45(65)28-11-10-12-35(74-9)40(28)47(43)67/h10-12,23-26,30-34,36,39,44,60,64,66,68,73H,13-22H2,1-9H3,(H,54,69)(H,55,63)(H,56,71)(H,57,70)(H,58,72)/t26-,30-,31-,32-,33-,34-,36-,39-,44+,53-/m0/s1. The predicted octanol–water partition coefficient (Wildman–Crippen LogP) is 0.789. The summed E-state index contributed by atoms with van der Waals surface area (Å²) in [6, 6.07) is -1.10. The van der Waals surface area contributed by atoms with Crippen LogP contribution in [0.15, 0.2) is 18.2 Å². The molecule has 422 valence electrons. The number of methoxy groups -OCH3 is 1. The van der Waals surface area contributed by atoms with Crippen molar-refractivity contribution >= 4 is 64.6 Å². The molecule has 0 bridgehead atoms. The summed E-state index contributed by atoms with van der Waals surface area (Å²) in [5, 5.41) is 70.2. The molecule has 4 aliphatic rings. The van der Waals surface area contributed by atoms with E-state index in [9.17, 15) is 68.7 Å². The highest BCUT2D eigenvalue weighted by Crippen LogP contribution is 2.52. The fourth-order valence-corrected chi connectivity index (χ4v) is 11.5. The number of ketones is 3. The van der Waals surface area contributed by atoms with Crippen molar-refractivity contribution in [3.63, 3.8) is 0 Å². The fraction of sp³-hybridized carbons (Fsp3) is 0.604. The molecule has 2 aliphatic heterocycles. The third kappa shape index (κ3) is 13.4. The van der Waals surface area contributed by atoms with Gasteiger partial charge in [-0.1, -0.05) is 53.7 Å². The van der Waals surface area contributed by atoms with Gasteiger partial charge >= 0.3 is 0 Å². The van der Waals surface area contributed by atoms with Crippen LogP contribution in [0, 0.1) is 17.8 Å². The van der Waals surface area contributed by atoms with Gasteiger partial charge in [0.25, 0.3) is 0 Å². The first kappa shape index (κ1) is 60.1. The van der Waals surface area contributed by atoms with E-state index in [2.05, 4.69) is 26.6 Å². The number of carbonyl (C=O) groups is 9. The van der Waals surface area contributed by atoms with Crippen LogP contribution in [0.5, 0.6) is 17.2 Å². The second-order valence-corrected chi connectivity index (χ2v) is 22.5. The molecular formula is C53H72N6O17S. The van der Waals surface area contributed by atoms with E-state index in [0.29, 0.717) is 11.6 Å². The molecule has 0 spiro atoms. The zero-order chi connectivity index (χ0) is 57.0. The Balaban J connectivity index is 1.17. The number of thioether (sulfide) groups is 1. The SMILES string of the molecule is COc1cccc2c1C(=O)c1c(O)c3c(c(O)c1C2=O)C[C@@](O)(C(=O)CO)C[C@@H]3O[C@H]1C[C@H](NC(=O)[C@H](CC(C)C)NC(=O)[C@H](CC(C)C)NC(=O)CNC(=O)[C@H](CC(C)C)NC(=O)[C@@H]2CSCN2C(C)=O)[C@H](O)[C@H](C)O1. The molecule has 2 aromatic carbocycles. The number of hydrogen-bond acceptors (Lipinski definition) is 18. The number of Topliss-reactive ketones (excluding diaryl/α,β-unsaturated/α-hetero) is 1. The lowest BCUT2D eigenvalue weighted by molar-refractivity contribution is -0.249. The molecule has 2 aromatic rings. The molecule has 23 nitrogen and oxygen atoms in total. The zero-order valence-electron chi connectivity index (χ0n) is 44.7. The Kier molecular flexibility index (Phi) is 19.6. The Hall–Kier alpha value is -6.18. The van der Waals surface area contributed by atoms with Crippen molar-refractivity contribution in [2.24, 2.45) is 17.8 Å². The lowest BCUT2D eigenvalue weighted by Gasteiger charge is -2.43. The van der Waals surface area contributed by atoms with Crippen LogP contribution in [0.4, 0.5) is 0 Å². The highest BCUT2D eigenvalue weighted by atomic mass is 32.2. The Morgan fingerprint density at radius 3 is 2.05 bits per heavy atom. The van der Waals surface area contributed by atoms with Gasteiger partial charge in [0, 0.05) is 48.6 Å². The maximum atomic E-state index is 14.3. The summed E-state index contributed by atoms with van der Waals surface area (Å²) in [6.45, 7) is 12.1. The normalized spacial score (nSPS) is 24.0. The Morgan fingerprint density at radius 1 is 0.844 bits per heavy atom. The summed E-state index contributed by atoms with van der Waals surface area (Å²) in [5.41, 5.74) is -4.47. The first-order valence-electron chi connectivity index (χ1n) is 25.8. The maximum absolute atomic E-state index is 14.3. The Labute approximate surface area is 450 Å². The molecule has 0 radical (unpaired) electrons. The van der Waals surface area contributed by atoms with Crippen molar-refractivity contribution in [2.45, 2.75) is 154 Å². The van der Waals surface area contributed by atoms with Gasteiger partial charge in [-0.25, -0.2) is 0 Å². The van der Waals surface area contributed by atoms with Crippen molar-refractivity contribution in [2.75, 3.05) is 31.9 Å². The van der Waals surface area contributed by atoms with Gasteiger partial charge in [0.2, 0.25) is 41.2 Å². The number of amides is 6. The van der Waals surface area contributed by atoms with Crippen molar-refractivity contribution < 1.29 is 82.9 Å². The van der Waals surface area contributed by atoms with Gasteiger partial charge in [-0.2, -0.15) is 0 Å². The number of phenols is 2. The predicted molar refractivity (Wildman–Crippen MR) is 277 cm³/mol. The first-order chi connectivity index (χ1) is 36.2. The number of ether oxygens (including phenoxy) is 3. The van der Waals surface area contributed by atoms with Crippen LogP contribution in [0.25, 0.3) is 0 Å². The summed E-state index contributed by atoms with van der Waals surface area (Å²) in [4.78, 5) is 123. The minimum Gasteiger partial charge on any atom is -0.507 e. The minimum absolute atomic E-state index is 0.0187. The highest BCUT2D eigenvalue weighted by Gasteiger charge is 2.51. The molecule has 0 saturated carbocycles. The number of carbonyl (C=O) groups excluding carboxylic acids is 9. The van der Waals surface area contributed by atoms with Gasteiger partial charge in [0.05, 0.1) is 54.5 Å². The molecule has 10 N–H and O–H groups in total. The van der Waals surface area contributed by atoms with E-state index in [1.165, 1.54) is 55.8 Å². The monoisotopic (exact) mass is 1100 g/mol. The molecule has 0 unspecified atom stereocenters. The second kappa shape index (κ2) is 25.1. The highest BCUT2D eigenvalue weighted by molar-refractivity contribution is 7.99. The first-order valence-corrected chi connectivity index (χ1v) is 26.9. The Bertz CT molecular complexity index is 2650. The van der Waals surface area contributed by atoms with Gasteiger partial charge in [-0.15, -0.1) is 11.8 Å². The van der Waals surface area contributed by atoms with Gasteiger partial charge in [0.1, 0.15) is 59.7 Å². The van der Waals surface area contributed by atoms with E-state index in [1.807, 2.05) is 41.5 Å². The number of aliphatic hydroxyl groups excluding tert-OH is 2. The number of hydrogen-bond donors (Lipinski definition) is 10. The van der Waals surface area contributed by atoms with Crippen molar-refractivity contribution in [3.8, 4) is 17.2 Å². The lowest BCUT2D eigenvalue weighted by atomic mass is 9.72. The third-order valence-electron chi connectivity index (χ3n) is 14.1. The summed E-state index contributed by atoms with van der Waals surface area (Å²) in [5.74, 6) is -7.63. The van der Waals surface area contributed by atoms with Gasteiger partial charge in [-0.05, 0) is 50.0 Å². The van der Waals surface area contributed by atoms with E-state index < -0.39 is 156 Å². The largest absolute Gasteiger partial charge is 0.507 e. The molecule has 77 heavy (non-hydrogen) atoms. The summed E-state index contributed by atoms with van der Waals surface area (Å²) < 4.78 is 17.7. The second-order valence-electron chi connectivity index (χ2n) is 21.5. The van der Waals surface area contributed by atoms with Gasteiger partial charge in [0.15, 0.2) is 17.9 Å². The quantitative estimate of drug-likeness (QED) is 0.0659. The number of aromatic hydroxyl groups is 2. The average molecular weight is 1100 g/mol. The molecule has 24 heteroatoms. The smallest absolute Gasteiger partial charge is 0.244 e. The molecule has 0 aromatic heterocycles. The van der Waals surface area contributed by atoms with E-state index >= 15 is 0 Å². The molecule has 2 saturated heterocycles. The van der Waals surface area contributed by atoms with Crippen LogP contribution in [-0.2, 0) is 49.5 Å². The molecule has 2 heterocycles. The number of nitrogens with one attached hydrogen (secondary N) is 5. The van der Waals surface area contributed by atoms with Crippen LogP contribution in [-0.4, -0.2) is 169 Å². The number of rotatable bonds is 21.